The van der Waals surface area contributed by atoms with Gasteiger partial charge in [-0.2, -0.15) is 0 Å². The molecule has 0 bridgehead atoms. The molecule has 1 aliphatic rings. The number of nitrogens with zero attached hydrogens (tertiary/aromatic N) is 3. The molecule has 0 radical (unpaired) electrons. The van der Waals surface area contributed by atoms with Crippen LogP contribution in [0.2, 0.25) is 0 Å². The summed E-state index contributed by atoms with van der Waals surface area (Å²) in [5.41, 5.74) is 6.30. The van der Waals surface area contributed by atoms with Crippen LogP contribution in [-0.2, 0) is 18.5 Å². The van der Waals surface area contributed by atoms with Crippen molar-refractivity contribution in [1.82, 2.24) is 14.6 Å². The van der Waals surface area contributed by atoms with Crippen LogP contribution in [0.25, 0.3) is 10.9 Å². The van der Waals surface area contributed by atoms with Crippen LogP contribution in [0, 0.1) is 10.8 Å². The van der Waals surface area contributed by atoms with E-state index < -0.39 is 0 Å². The third-order valence-corrected chi connectivity index (χ3v) is 6.79. The van der Waals surface area contributed by atoms with Crippen LogP contribution in [0.4, 0.5) is 0 Å². The van der Waals surface area contributed by atoms with Crippen molar-refractivity contribution in [1.29, 1.82) is 0 Å². The highest BCUT2D eigenvalue weighted by Crippen LogP contribution is 2.51. The highest BCUT2D eigenvalue weighted by Gasteiger charge is 2.48. The van der Waals surface area contributed by atoms with Gasteiger partial charge in [-0.05, 0) is 90.3 Å². The Balaban J connectivity index is 2.45. The van der Waals surface area contributed by atoms with Crippen molar-refractivity contribution in [3.8, 4) is 0 Å². The van der Waals surface area contributed by atoms with Gasteiger partial charge in [0, 0.05) is 39.3 Å². The van der Waals surface area contributed by atoms with Crippen molar-refractivity contribution >= 4 is 10.9 Å². The molecule has 0 saturated heterocycles. The molecule has 33 heavy (non-hydrogen) atoms. The molecule has 0 amide bonds. The van der Waals surface area contributed by atoms with Crippen LogP contribution < -0.4 is 0 Å². The van der Waals surface area contributed by atoms with E-state index in [4.69, 9.17) is 0 Å². The molecule has 0 aliphatic carbocycles. The number of hydrogen-bond donors (Lipinski definition) is 0. The van der Waals surface area contributed by atoms with Crippen molar-refractivity contribution < 1.29 is 0 Å². The number of rotatable bonds is 2. The lowest BCUT2D eigenvalue weighted by molar-refractivity contribution is -0.183. The van der Waals surface area contributed by atoms with E-state index in [1.165, 1.54) is 22.2 Å². The Morgan fingerprint density at radius 3 is 1.85 bits per heavy atom. The Bertz CT molecular complexity index is 997. The summed E-state index contributed by atoms with van der Waals surface area (Å²) < 4.78 is 2.65. The predicted molar refractivity (Wildman–Crippen MR) is 145 cm³/mol. The zero-order valence-electron chi connectivity index (χ0n) is 24.1. The zero-order chi connectivity index (χ0) is 25.3. The van der Waals surface area contributed by atoms with Gasteiger partial charge in [0.05, 0.1) is 12.6 Å². The first kappa shape index (κ1) is 26.3. The Hall–Kier alpha value is -1.32. The summed E-state index contributed by atoms with van der Waals surface area (Å²) in [6, 6.07) is 8.03. The van der Waals surface area contributed by atoms with Gasteiger partial charge in [-0.15, -0.1) is 0 Å². The second-order valence-electron chi connectivity index (χ2n) is 14.9. The number of benzene rings is 1. The summed E-state index contributed by atoms with van der Waals surface area (Å²) in [4.78, 5) is 0. The first-order valence-corrected chi connectivity index (χ1v) is 13.0. The second kappa shape index (κ2) is 8.12. The lowest BCUT2D eigenvalue weighted by Crippen LogP contribution is -2.61. The molecular weight excluding hydrogens is 402 g/mol. The van der Waals surface area contributed by atoms with E-state index in [-0.39, 0.29) is 21.9 Å². The van der Waals surface area contributed by atoms with Gasteiger partial charge in [0.15, 0.2) is 0 Å². The van der Waals surface area contributed by atoms with E-state index in [0.717, 1.165) is 13.0 Å². The maximum Gasteiger partial charge on any atom is 0.0574 e. The van der Waals surface area contributed by atoms with Gasteiger partial charge >= 0.3 is 0 Å². The Labute approximate surface area is 204 Å². The number of hydrogen-bond acceptors (Lipinski definition) is 2. The summed E-state index contributed by atoms with van der Waals surface area (Å²) in [5.74, 6) is 0. The molecule has 3 rings (SSSR count). The number of fused-ring (bicyclic) bond motifs is 3. The Morgan fingerprint density at radius 1 is 0.848 bits per heavy atom. The minimum absolute atomic E-state index is 0.0202. The maximum atomic E-state index is 2.71. The average molecular weight is 454 g/mol. The third kappa shape index (κ3) is 5.05. The molecular formula is C30H51N3. The molecule has 0 spiro atoms. The second-order valence-corrected chi connectivity index (χ2v) is 14.9. The van der Waals surface area contributed by atoms with Gasteiger partial charge in [-0.3, -0.25) is 0 Å². The minimum atomic E-state index is 0.0202. The lowest BCUT2D eigenvalue weighted by Gasteiger charge is -2.56. The molecule has 186 valence electrons. The van der Waals surface area contributed by atoms with E-state index >= 15 is 0 Å². The molecule has 3 nitrogen and oxygen atoms in total. The fraction of sp³-hybridized carbons (Fsp3) is 0.733. The van der Waals surface area contributed by atoms with Gasteiger partial charge in [0.25, 0.3) is 0 Å². The van der Waals surface area contributed by atoms with Crippen LogP contribution in [-0.4, -0.2) is 26.2 Å². The summed E-state index contributed by atoms with van der Waals surface area (Å²) in [7, 11) is 0. The minimum Gasteiger partial charge on any atom is -0.338 e. The molecule has 3 heteroatoms. The van der Waals surface area contributed by atoms with E-state index in [2.05, 4.69) is 130 Å². The van der Waals surface area contributed by atoms with Gasteiger partial charge < -0.3 is 4.57 Å². The van der Waals surface area contributed by atoms with Crippen LogP contribution in [0.1, 0.15) is 120 Å². The largest absolute Gasteiger partial charge is 0.338 e. The smallest absolute Gasteiger partial charge is 0.0574 e. The molecule has 2 heterocycles. The van der Waals surface area contributed by atoms with Crippen molar-refractivity contribution in [2.24, 2.45) is 10.8 Å². The van der Waals surface area contributed by atoms with Gasteiger partial charge in [0.2, 0.25) is 0 Å². The average Bonchev–Trinajstić information content (AvgIpc) is 2.90. The highest BCUT2D eigenvalue weighted by atomic mass is 15.7. The fourth-order valence-corrected chi connectivity index (χ4v) is 5.87. The van der Waals surface area contributed by atoms with E-state index in [9.17, 15) is 0 Å². The number of hydrazine groups is 1. The molecule has 1 aromatic carbocycles. The first-order chi connectivity index (χ1) is 14.7. The highest BCUT2D eigenvalue weighted by molar-refractivity contribution is 5.87. The molecule has 2 aromatic rings. The monoisotopic (exact) mass is 453 g/mol. The van der Waals surface area contributed by atoms with Gasteiger partial charge in [-0.1, -0.05) is 47.6 Å². The standard InChI is InChI=1S/C30H51N3/c1-20(2)31-19-24-25(26(28(6,7)8)33(31)30(12,13)14)22-17-21(18-27(3,4)5)15-16-23(22)32(24)29(9,10)11/h15-17,20,26H,18-19H2,1-14H3. The topological polar surface area (TPSA) is 11.4 Å². The fourth-order valence-electron chi connectivity index (χ4n) is 5.87. The predicted octanol–water partition coefficient (Wildman–Crippen LogP) is 8.31. The van der Waals surface area contributed by atoms with E-state index in [1.54, 1.807) is 5.56 Å². The quantitative estimate of drug-likeness (QED) is 0.453. The van der Waals surface area contributed by atoms with Crippen LogP contribution in [0.3, 0.4) is 0 Å². The van der Waals surface area contributed by atoms with Crippen molar-refractivity contribution in [3.63, 3.8) is 0 Å². The SMILES string of the molecule is CC(C)N1Cc2c(c3cc(CC(C)(C)C)ccc3n2C(C)(C)C)C(C(C)(C)C)N1C(C)(C)C. The number of aromatic nitrogens is 1. The summed E-state index contributed by atoms with van der Waals surface area (Å²) in [5, 5.41) is 6.80. The molecule has 1 unspecified atom stereocenters. The van der Waals surface area contributed by atoms with E-state index in [1.807, 2.05) is 0 Å². The zero-order valence-corrected chi connectivity index (χ0v) is 24.1. The molecule has 0 fully saturated rings. The molecule has 0 saturated carbocycles. The Kier molecular flexibility index (Phi) is 6.47. The van der Waals surface area contributed by atoms with Gasteiger partial charge in [-0.25, -0.2) is 10.0 Å². The lowest BCUT2D eigenvalue weighted by atomic mass is 9.77. The van der Waals surface area contributed by atoms with Crippen LogP contribution in [0.5, 0.6) is 0 Å². The first-order valence-electron chi connectivity index (χ1n) is 13.0. The molecule has 1 atom stereocenters. The maximum absolute atomic E-state index is 2.71. The normalized spacial score (nSPS) is 19.5. The summed E-state index contributed by atoms with van der Waals surface area (Å²) in [6.45, 7) is 34.1. The van der Waals surface area contributed by atoms with Crippen molar-refractivity contribution in [2.45, 2.75) is 133 Å². The summed E-state index contributed by atoms with van der Waals surface area (Å²) >= 11 is 0. The third-order valence-electron chi connectivity index (χ3n) is 6.79. The van der Waals surface area contributed by atoms with Crippen LogP contribution in [0.15, 0.2) is 18.2 Å². The van der Waals surface area contributed by atoms with E-state index in [0.29, 0.717) is 12.1 Å². The van der Waals surface area contributed by atoms with Crippen molar-refractivity contribution in [2.75, 3.05) is 0 Å². The molecule has 1 aliphatic heterocycles. The van der Waals surface area contributed by atoms with Crippen LogP contribution >= 0.6 is 0 Å². The van der Waals surface area contributed by atoms with Gasteiger partial charge in [0.1, 0.15) is 0 Å². The summed E-state index contributed by atoms with van der Waals surface area (Å²) in [6.07, 6.45) is 1.10. The Morgan fingerprint density at radius 2 is 1.42 bits per heavy atom. The molecule has 1 aromatic heterocycles. The van der Waals surface area contributed by atoms with Crippen molar-refractivity contribution in [3.05, 3.63) is 35.0 Å². The molecule has 0 N–H and O–H groups in total.